The van der Waals surface area contributed by atoms with Gasteiger partial charge in [0.1, 0.15) is 5.69 Å². The number of pyridine rings is 1. The minimum atomic E-state index is -0.114. The molecule has 0 spiro atoms. The van der Waals surface area contributed by atoms with Crippen LogP contribution in [0.5, 0.6) is 0 Å². The Balaban J connectivity index is 2.04. The molecule has 0 fully saturated rings. The number of carbonyl (C=O) groups is 1. The lowest BCUT2D eigenvalue weighted by atomic mass is 10.1. The number of ether oxygens (including phenoxy) is 1. The van der Waals surface area contributed by atoms with Crippen LogP contribution in [0.4, 0.5) is 0 Å². The van der Waals surface area contributed by atoms with Gasteiger partial charge in [0.05, 0.1) is 41.1 Å². The molecule has 0 unspecified atom stereocenters. The largest absolute Gasteiger partial charge is 0.383 e. The second-order valence-electron chi connectivity index (χ2n) is 4.47. The van der Waals surface area contributed by atoms with Gasteiger partial charge in [-0.25, -0.2) is 4.52 Å². The summed E-state index contributed by atoms with van der Waals surface area (Å²) in [6.07, 6.45) is 5.01. The van der Waals surface area contributed by atoms with Crippen LogP contribution in [0.1, 0.15) is 16.1 Å². The van der Waals surface area contributed by atoms with Gasteiger partial charge >= 0.3 is 0 Å². The Morgan fingerprint density at radius 3 is 3.00 bits per heavy atom. The maximum Gasteiger partial charge on any atom is 0.215 e. The molecule has 0 saturated carbocycles. The van der Waals surface area contributed by atoms with E-state index in [9.17, 15) is 4.79 Å². The normalized spacial score (nSPS) is 11.1. The summed E-state index contributed by atoms with van der Waals surface area (Å²) >= 11 is 3.39. The average Bonchev–Trinajstić information content (AvgIpc) is 3.08. The fourth-order valence-corrected chi connectivity index (χ4v) is 2.65. The molecule has 0 N–H and O–H groups in total. The lowest BCUT2D eigenvalue weighted by molar-refractivity contribution is 0.102. The number of nitrogens with zero attached hydrogens (tertiary/aromatic N) is 4. The predicted molar refractivity (Wildman–Crippen MR) is 80.4 cm³/mol. The number of ketones is 1. The number of fused-ring (bicyclic) bond motifs is 1. The van der Waals surface area contributed by atoms with Gasteiger partial charge in [0.2, 0.25) is 5.78 Å². The van der Waals surface area contributed by atoms with Gasteiger partial charge in [0.15, 0.2) is 0 Å². The number of aromatic nitrogens is 4. The molecule has 3 heterocycles. The monoisotopic (exact) mass is 348 g/mol. The van der Waals surface area contributed by atoms with E-state index < -0.39 is 0 Å². The number of carbonyl (C=O) groups excluding carboxylic acids is 1. The van der Waals surface area contributed by atoms with E-state index >= 15 is 0 Å². The van der Waals surface area contributed by atoms with E-state index in [1.54, 1.807) is 28.7 Å². The highest BCUT2D eigenvalue weighted by Gasteiger charge is 2.21. The fraction of sp³-hybridized carbons (Fsp3) is 0.214. The molecule has 0 aliphatic carbocycles. The Hall–Kier alpha value is -1.99. The van der Waals surface area contributed by atoms with Gasteiger partial charge in [0.25, 0.3) is 0 Å². The second kappa shape index (κ2) is 5.79. The number of methoxy groups -OCH3 is 1. The lowest BCUT2D eigenvalue weighted by Crippen LogP contribution is -2.14. The number of rotatable bonds is 5. The minimum Gasteiger partial charge on any atom is -0.383 e. The molecule has 0 aliphatic rings. The molecule has 3 aromatic rings. The molecule has 0 aliphatic heterocycles. The summed E-state index contributed by atoms with van der Waals surface area (Å²) in [7, 11) is 1.62. The third kappa shape index (κ3) is 2.50. The van der Waals surface area contributed by atoms with E-state index in [4.69, 9.17) is 4.74 Å². The van der Waals surface area contributed by atoms with Crippen molar-refractivity contribution in [3.05, 3.63) is 52.5 Å². The maximum atomic E-state index is 12.8. The van der Waals surface area contributed by atoms with Gasteiger partial charge in [-0.15, -0.1) is 0 Å². The predicted octanol–water partition coefficient (Wildman–Crippen LogP) is 2.17. The van der Waals surface area contributed by atoms with Crippen molar-refractivity contribution in [2.24, 2.45) is 0 Å². The topological polar surface area (TPSA) is 61.4 Å². The highest BCUT2D eigenvalue weighted by molar-refractivity contribution is 9.10. The van der Waals surface area contributed by atoms with Crippen molar-refractivity contribution in [3.63, 3.8) is 0 Å². The van der Waals surface area contributed by atoms with Crippen LogP contribution in [0.25, 0.3) is 5.52 Å². The first-order valence-corrected chi connectivity index (χ1v) is 7.19. The van der Waals surface area contributed by atoms with Crippen molar-refractivity contribution < 1.29 is 9.53 Å². The Kier molecular flexibility index (Phi) is 3.85. The summed E-state index contributed by atoms with van der Waals surface area (Å²) in [5.74, 6) is -0.114. The van der Waals surface area contributed by atoms with Crippen LogP contribution in [0, 0.1) is 0 Å². The molecule has 21 heavy (non-hydrogen) atoms. The van der Waals surface area contributed by atoms with Crippen LogP contribution in [0.2, 0.25) is 0 Å². The van der Waals surface area contributed by atoms with Crippen LogP contribution in [0.15, 0.2) is 41.3 Å². The summed E-state index contributed by atoms with van der Waals surface area (Å²) in [6, 6.07) is 5.61. The lowest BCUT2D eigenvalue weighted by Gasteiger charge is -2.06. The third-order valence-corrected chi connectivity index (χ3v) is 3.77. The summed E-state index contributed by atoms with van der Waals surface area (Å²) in [4.78, 5) is 12.8. The zero-order chi connectivity index (χ0) is 14.8. The van der Waals surface area contributed by atoms with Gasteiger partial charge in [-0.2, -0.15) is 10.2 Å². The SMILES string of the molecule is COCCn1ncc(Br)c1C(=O)c1cnn2ccccc12. The zero-order valence-corrected chi connectivity index (χ0v) is 12.9. The van der Waals surface area contributed by atoms with Crippen LogP contribution in [-0.4, -0.2) is 38.9 Å². The first-order chi connectivity index (χ1) is 10.2. The Bertz CT molecular complexity index is 793. The van der Waals surface area contributed by atoms with E-state index in [0.717, 1.165) is 5.52 Å². The molecule has 0 bridgehead atoms. The molecule has 0 atom stereocenters. The van der Waals surface area contributed by atoms with Crippen LogP contribution in [0.3, 0.4) is 0 Å². The third-order valence-electron chi connectivity index (χ3n) is 3.19. The summed E-state index contributed by atoms with van der Waals surface area (Å²) in [5.41, 5.74) is 1.83. The first kappa shape index (κ1) is 14.0. The quantitative estimate of drug-likeness (QED) is 0.663. The van der Waals surface area contributed by atoms with Crippen molar-refractivity contribution in [1.29, 1.82) is 0 Å². The smallest absolute Gasteiger partial charge is 0.215 e. The highest BCUT2D eigenvalue weighted by atomic mass is 79.9. The van der Waals surface area contributed by atoms with Crippen LogP contribution in [-0.2, 0) is 11.3 Å². The van der Waals surface area contributed by atoms with E-state index in [0.29, 0.717) is 28.9 Å². The molecule has 0 amide bonds. The van der Waals surface area contributed by atoms with Crippen molar-refractivity contribution in [1.82, 2.24) is 19.4 Å². The summed E-state index contributed by atoms with van der Waals surface area (Å²) in [6.45, 7) is 1.01. The second-order valence-corrected chi connectivity index (χ2v) is 5.33. The standard InChI is InChI=1S/C14H13BrN4O2/c1-21-7-6-19-13(11(15)9-17-19)14(20)10-8-16-18-5-3-2-4-12(10)18/h2-5,8-9H,6-7H2,1H3. The molecule has 7 heteroatoms. The number of hydrogen-bond donors (Lipinski definition) is 0. The molecule has 0 radical (unpaired) electrons. The van der Waals surface area contributed by atoms with E-state index in [1.807, 2.05) is 24.4 Å². The summed E-state index contributed by atoms with van der Waals surface area (Å²) < 4.78 is 9.03. The van der Waals surface area contributed by atoms with Gasteiger partial charge in [0, 0.05) is 13.3 Å². The molecule has 3 aromatic heterocycles. The van der Waals surface area contributed by atoms with Gasteiger partial charge < -0.3 is 4.74 Å². The van der Waals surface area contributed by atoms with Crippen LogP contribution >= 0.6 is 15.9 Å². The zero-order valence-electron chi connectivity index (χ0n) is 11.4. The Morgan fingerprint density at radius 1 is 1.33 bits per heavy atom. The molecule has 0 saturated heterocycles. The molecule has 6 nitrogen and oxygen atoms in total. The van der Waals surface area contributed by atoms with E-state index in [2.05, 4.69) is 26.1 Å². The van der Waals surface area contributed by atoms with Gasteiger partial charge in [-0.1, -0.05) is 6.07 Å². The van der Waals surface area contributed by atoms with Gasteiger partial charge in [-0.3, -0.25) is 9.48 Å². The molecular formula is C14H13BrN4O2. The van der Waals surface area contributed by atoms with Gasteiger partial charge in [-0.05, 0) is 28.1 Å². The van der Waals surface area contributed by atoms with E-state index in [1.165, 1.54) is 0 Å². The van der Waals surface area contributed by atoms with Crippen molar-refractivity contribution >= 4 is 27.2 Å². The highest BCUT2D eigenvalue weighted by Crippen LogP contribution is 2.22. The van der Waals surface area contributed by atoms with E-state index in [-0.39, 0.29) is 5.78 Å². The molecular weight excluding hydrogens is 336 g/mol. The first-order valence-electron chi connectivity index (χ1n) is 6.39. The van der Waals surface area contributed by atoms with Crippen LogP contribution < -0.4 is 0 Å². The fourth-order valence-electron chi connectivity index (χ4n) is 2.17. The molecule has 0 aromatic carbocycles. The van der Waals surface area contributed by atoms with Crippen molar-refractivity contribution in [2.75, 3.05) is 13.7 Å². The Labute approximate surface area is 129 Å². The summed E-state index contributed by atoms with van der Waals surface area (Å²) in [5, 5.41) is 8.40. The van der Waals surface area contributed by atoms with Crippen molar-refractivity contribution in [2.45, 2.75) is 6.54 Å². The molecule has 108 valence electrons. The minimum absolute atomic E-state index is 0.114. The molecule has 3 rings (SSSR count). The average molecular weight is 349 g/mol. The Morgan fingerprint density at radius 2 is 2.19 bits per heavy atom. The maximum absolute atomic E-state index is 12.8. The van der Waals surface area contributed by atoms with Crippen molar-refractivity contribution in [3.8, 4) is 0 Å². The number of halogens is 1. The number of hydrogen-bond acceptors (Lipinski definition) is 4.